The van der Waals surface area contributed by atoms with E-state index in [2.05, 4.69) is 0 Å². The third kappa shape index (κ3) is 1.96. The number of rotatable bonds is 2. The van der Waals surface area contributed by atoms with Crippen LogP contribution in [0.15, 0.2) is 17.0 Å². The predicted octanol–water partition coefficient (Wildman–Crippen LogP) is 0.742. The Morgan fingerprint density at radius 1 is 1.41 bits per heavy atom. The van der Waals surface area contributed by atoms with Gasteiger partial charge in [0, 0.05) is 23.3 Å². The molecule has 94 valence electrons. The maximum Gasteiger partial charge on any atom is 0.175 e. The Hall–Kier alpha value is -0.980. The average molecular weight is 260 g/mol. The van der Waals surface area contributed by atoms with E-state index in [0.717, 1.165) is 18.4 Å². The molecule has 0 spiro atoms. The van der Waals surface area contributed by atoms with Crippen molar-refractivity contribution in [2.24, 2.45) is 0 Å². The van der Waals surface area contributed by atoms with Crippen LogP contribution in [0.5, 0.6) is 0 Å². The molecular weight excluding hydrogens is 247 g/mol. The lowest BCUT2D eigenvalue weighted by Gasteiger charge is -2.11. The molecular formula is C11H13FO4S. The molecule has 1 aliphatic carbocycles. The summed E-state index contributed by atoms with van der Waals surface area (Å²) in [6, 6.07) is 2.22. The van der Waals surface area contributed by atoms with Crippen molar-refractivity contribution in [3.63, 3.8) is 0 Å². The molecule has 6 heteroatoms. The van der Waals surface area contributed by atoms with Crippen LogP contribution in [0.2, 0.25) is 0 Å². The molecule has 0 bridgehead atoms. The topological polar surface area (TPSA) is 74.6 Å². The van der Waals surface area contributed by atoms with Gasteiger partial charge in [-0.3, -0.25) is 0 Å². The van der Waals surface area contributed by atoms with Gasteiger partial charge < -0.3 is 10.2 Å². The van der Waals surface area contributed by atoms with E-state index in [0.29, 0.717) is 0 Å². The molecule has 0 aliphatic heterocycles. The van der Waals surface area contributed by atoms with Crippen molar-refractivity contribution in [3.8, 4) is 0 Å². The number of aliphatic hydroxyl groups is 2. The zero-order chi connectivity index (χ0) is 12.8. The lowest BCUT2D eigenvalue weighted by molar-refractivity contribution is 0.156. The summed E-state index contributed by atoms with van der Waals surface area (Å²) in [6.45, 7) is -0.311. The van der Waals surface area contributed by atoms with Crippen LogP contribution in [-0.2, 0) is 9.84 Å². The van der Waals surface area contributed by atoms with E-state index in [1.165, 1.54) is 0 Å². The second-order valence-corrected chi connectivity index (χ2v) is 6.26. The maximum atomic E-state index is 13.7. The largest absolute Gasteiger partial charge is 0.396 e. The maximum absolute atomic E-state index is 13.7. The van der Waals surface area contributed by atoms with Gasteiger partial charge in [-0.25, -0.2) is 12.8 Å². The standard InChI is InChI=1S/C11H13FO4S/c1-17(15,16)9-3-2-7(12)10-6(5-13)4-8(14)11(9)10/h2-3,6,8,13-14H,4-5H2,1H3. The molecule has 0 saturated carbocycles. The molecule has 1 aromatic rings. The summed E-state index contributed by atoms with van der Waals surface area (Å²) >= 11 is 0. The zero-order valence-corrected chi connectivity index (χ0v) is 10.0. The second-order valence-electron chi connectivity index (χ2n) is 4.28. The molecule has 0 amide bonds. The lowest BCUT2D eigenvalue weighted by atomic mass is 10.0. The fourth-order valence-electron chi connectivity index (χ4n) is 2.34. The Balaban J connectivity index is 2.74. The van der Waals surface area contributed by atoms with Gasteiger partial charge in [-0.05, 0) is 18.6 Å². The van der Waals surface area contributed by atoms with Crippen LogP contribution in [0.25, 0.3) is 0 Å². The summed E-state index contributed by atoms with van der Waals surface area (Å²) in [5.41, 5.74) is 0.231. The van der Waals surface area contributed by atoms with Crippen LogP contribution in [0, 0.1) is 5.82 Å². The molecule has 2 atom stereocenters. The fourth-order valence-corrected chi connectivity index (χ4v) is 3.30. The highest BCUT2D eigenvalue weighted by molar-refractivity contribution is 7.90. The van der Waals surface area contributed by atoms with Crippen LogP contribution >= 0.6 is 0 Å². The molecule has 0 radical (unpaired) electrons. The highest BCUT2D eigenvalue weighted by atomic mass is 32.2. The molecule has 17 heavy (non-hydrogen) atoms. The van der Waals surface area contributed by atoms with Crippen molar-refractivity contribution in [2.75, 3.05) is 12.9 Å². The Labute approximate surface area is 98.6 Å². The van der Waals surface area contributed by atoms with Crippen LogP contribution < -0.4 is 0 Å². The van der Waals surface area contributed by atoms with Crippen LogP contribution in [0.4, 0.5) is 4.39 Å². The first-order valence-corrected chi connectivity index (χ1v) is 7.06. The Morgan fingerprint density at radius 3 is 2.59 bits per heavy atom. The van der Waals surface area contributed by atoms with Crippen molar-refractivity contribution < 1.29 is 23.0 Å². The van der Waals surface area contributed by atoms with E-state index in [1.54, 1.807) is 0 Å². The van der Waals surface area contributed by atoms with Crippen LogP contribution in [-0.4, -0.2) is 31.5 Å². The third-order valence-electron chi connectivity index (χ3n) is 3.06. The van der Waals surface area contributed by atoms with Crippen molar-refractivity contribution in [1.82, 2.24) is 0 Å². The van der Waals surface area contributed by atoms with Gasteiger partial charge in [0.1, 0.15) is 5.82 Å². The molecule has 0 heterocycles. The number of sulfone groups is 1. The van der Waals surface area contributed by atoms with Gasteiger partial charge in [-0.15, -0.1) is 0 Å². The SMILES string of the molecule is CS(=O)(=O)c1ccc(F)c2c1C(O)CC2CO. The molecule has 1 aliphatic rings. The smallest absolute Gasteiger partial charge is 0.175 e. The number of hydrogen-bond donors (Lipinski definition) is 2. The zero-order valence-electron chi connectivity index (χ0n) is 9.22. The first-order valence-electron chi connectivity index (χ1n) is 5.17. The summed E-state index contributed by atoms with van der Waals surface area (Å²) in [5.74, 6) is -1.12. The van der Waals surface area contributed by atoms with E-state index in [1.807, 2.05) is 0 Å². The molecule has 0 saturated heterocycles. The normalized spacial score (nSPS) is 23.8. The molecule has 2 N–H and O–H groups in total. The third-order valence-corrected chi connectivity index (χ3v) is 4.22. The minimum absolute atomic E-state index is 0.0580. The summed E-state index contributed by atoms with van der Waals surface area (Å²) < 4.78 is 36.7. The first kappa shape index (κ1) is 12.5. The molecule has 2 unspecified atom stereocenters. The average Bonchev–Trinajstić information content (AvgIpc) is 2.56. The highest BCUT2D eigenvalue weighted by Crippen LogP contribution is 2.44. The Bertz CT molecular complexity index is 553. The second kappa shape index (κ2) is 4.04. The van der Waals surface area contributed by atoms with Gasteiger partial charge in [0.15, 0.2) is 9.84 Å². The molecule has 1 aromatic carbocycles. The van der Waals surface area contributed by atoms with Gasteiger partial charge in [0.25, 0.3) is 0 Å². The number of benzene rings is 1. The van der Waals surface area contributed by atoms with Gasteiger partial charge in [-0.1, -0.05) is 0 Å². The quantitative estimate of drug-likeness (QED) is 0.769. The van der Waals surface area contributed by atoms with E-state index in [9.17, 15) is 17.9 Å². The number of hydrogen-bond acceptors (Lipinski definition) is 4. The minimum Gasteiger partial charge on any atom is -0.396 e. The molecule has 0 aromatic heterocycles. The van der Waals surface area contributed by atoms with Gasteiger partial charge in [0.05, 0.1) is 17.6 Å². The highest BCUT2D eigenvalue weighted by Gasteiger charge is 2.36. The van der Waals surface area contributed by atoms with Gasteiger partial charge in [-0.2, -0.15) is 0 Å². The van der Waals surface area contributed by atoms with E-state index < -0.39 is 27.7 Å². The van der Waals surface area contributed by atoms with Crippen molar-refractivity contribution in [3.05, 3.63) is 29.1 Å². The minimum atomic E-state index is -3.52. The molecule has 0 fully saturated rings. The Kier molecular flexibility index (Phi) is 2.97. The van der Waals surface area contributed by atoms with Crippen molar-refractivity contribution in [1.29, 1.82) is 0 Å². The molecule has 2 rings (SSSR count). The fraction of sp³-hybridized carbons (Fsp3) is 0.455. The van der Waals surface area contributed by atoms with Crippen molar-refractivity contribution in [2.45, 2.75) is 23.3 Å². The summed E-state index contributed by atoms with van der Waals surface area (Å²) in [4.78, 5) is -0.0580. The van der Waals surface area contributed by atoms with Crippen LogP contribution in [0.1, 0.15) is 29.6 Å². The van der Waals surface area contributed by atoms with Gasteiger partial charge in [0.2, 0.25) is 0 Å². The van der Waals surface area contributed by atoms with E-state index in [-0.39, 0.29) is 29.1 Å². The Morgan fingerprint density at radius 2 is 2.06 bits per heavy atom. The predicted molar refractivity (Wildman–Crippen MR) is 58.9 cm³/mol. The van der Waals surface area contributed by atoms with Gasteiger partial charge >= 0.3 is 0 Å². The van der Waals surface area contributed by atoms with E-state index >= 15 is 0 Å². The molecule has 4 nitrogen and oxygen atoms in total. The number of fused-ring (bicyclic) bond motifs is 1. The van der Waals surface area contributed by atoms with Crippen molar-refractivity contribution >= 4 is 9.84 Å². The summed E-state index contributed by atoms with van der Waals surface area (Å²) in [5, 5.41) is 18.9. The summed E-state index contributed by atoms with van der Waals surface area (Å²) in [7, 11) is -3.52. The summed E-state index contributed by atoms with van der Waals surface area (Å²) in [6.07, 6.45) is 0.122. The van der Waals surface area contributed by atoms with Crippen LogP contribution in [0.3, 0.4) is 0 Å². The monoisotopic (exact) mass is 260 g/mol. The first-order chi connectivity index (χ1) is 7.86. The van der Waals surface area contributed by atoms with E-state index in [4.69, 9.17) is 5.11 Å². The number of aliphatic hydroxyl groups excluding tert-OH is 2. The lowest BCUT2D eigenvalue weighted by Crippen LogP contribution is -2.07. The number of halogens is 1.